The van der Waals surface area contributed by atoms with E-state index in [2.05, 4.69) is 5.10 Å². The molecule has 11 heteroatoms. The molecule has 0 unspecified atom stereocenters. The second kappa shape index (κ2) is 7.56. The molecule has 0 fully saturated rings. The van der Waals surface area contributed by atoms with Gasteiger partial charge in [0.2, 0.25) is 0 Å². The molecule has 1 aromatic heterocycles. The minimum absolute atomic E-state index is 0.0254. The highest BCUT2D eigenvalue weighted by atomic mass is 32.2. The fraction of sp³-hybridized carbons (Fsp3) is 0.158. The maximum Gasteiger partial charge on any atom is 0.433 e. The molecule has 0 atom stereocenters. The Morgan fingerprint density at radius 1 is 1.03 bits per heavy atom. The Morgan fingerprint density at radius 3 is 2.03 bits per heavy atom. The lowest BCUT2D eigenvalue weighted by atomic mass is 9.98. The number of carbonyl (C=O) groups is 1. The summed E-state index contributed by atoms with van der Waals surface area (Å²) in [5.74, 6) is -2.20. The van der Waals surface area contributed by atoms with Gasteiger partial charge in [0.1, 0.15) is 18.1 Å². The van der Waals surface area contributed by atoms with Crippen molar-refractivity contribution in [3.05, 3.63) is 60.0 Å². The van der Waals surface area contributed by atoms with E-state index >= 15 is 0 Å². The predicted octanol–water partition coefficient (Wildman–Crippen LogP) is 3.86. The zero-order valence-electron chi connectivity index (χ0n) is 15.3. The molecule has 6 nitrogen and oxygen atoms in total. The molecule has 1 N–H and O–H groups in total. The van der Waals surface area contributed by atoms with Crippen molar-refractivity contribution < 1.29 is 35.9 Å². The lowest BCUT2D eigenvalue weighted by Crippen LogP contribution is -2.19. The fourth-order valence-electron chi connectivity index (χ4n) is 2.94. The lowest BCUT2D eigenvalue weighted by molar-refractivity contribution is -0.146. The average molecular weight is 442 g/mol. The number of aromatic nitrogens is 2. The first-order valence-electron chi connectivity index (χ1n) is 8.34. The molecular weight excluding hydrogens is 428 g/mol. The van der Waals surface area contributed by atoms with E-state index in [-0.39, 0.29) is 21.7 Å². The number of benzene rings is 2. The van der Waals surface area contributed by atoms with Crippen LogP contribution in [0.3, 0.4) is 0 Å². The van der Waals surface area contributed by atoms with E-state index in [1.807, 2.05) is 0 Å². The molecule has 0 aliphatic carbocycles. The highest BCUT2D eigenvalue weighted by Crippen LogP contribution is 2.42. The number of carboxylic acids is 1. The molecule has 0 radical (unpaired) electrons. The van der Waals surface area contributed by atoms with Gasteiger partial charge in [-0.05, 0) is 29.8 Å². The highest BCUT2D eigenvalue weighted by Gasteiger charge is 2.41. The minimum Gasteiger partial charge on any atom is -0.480 e. The van der Waals surface area contributed by atoms with Gasteiger partial charge >= 0.3 is 12.1 Å². The summed E-state index contributed by atoms with van der Waals surface area (Å²) in [6.45, 7) is -1.05. The monoisotopic (exact) mass is 442 g/mol. The Kier molecular flexibility index (Phi) is 5.42. The lowest BCUT2D eigenvalue weighted by Gasteiger charge is -2.12. The molecule has 2 aromatic carbocycles. The summed E-state index contributed by atoms with van der Waals surface area (Å²) in [7, 11) is -3.54. The molecule has 158 valence electrons. The maximum absolute atomic E-state index is 13.9. The molecular formula is C19H14F4N2O4S. The third-order valence-corrected chi connectivity index (χ3v) is 5.32. The highest BCUT2D eigenvalue weighted by molar-refractivity contribution is 7.90. The van der Waals surface area contributed by atoms with E-state index in [1.165, 1.54) is 24.3 Å². The smallest absolute Gasteiger partial charge is 0.433 e. The molecule has 0 aliphatic heterocycles. The number of hydrogen-bond acceptors (Lipinski definition) is 4. The van der Waals surface area contributed by atoms with Crippen molar-refractivity contribution in [2.24, 2.45) is 0 Å². The maximum atomic E-state index is 13.9. The summed E-state index contributed by atoms with van der Waals surface area (Å²) in [6.07, 6.45) is -3.98. The summed E-state index contributed by atoms with van der Waals surface area (Å²) < 4.78 is 78.5. The van der Waals surface area contributed by atoms with E-state index in [1.54, 1.807) is 0 Å². The van der Waals surface area contributed by atoms with Gasteiger partial charge < -0.3 is 5.11 Å². The van der Waals surface area contributed by atoms with Crippen molar-refractivity contribution in [2.45, 2.75) is 17.6 Å². The zero-order chi connectivity index (χ0) is 22.3. The first-order chi connectivity index (χ1) is 13.9. The van der Waals surface area contributed by atoms with Crippen molar-refractivity contribution >= 4 is 15.8 Å². The second-order valence-electron chi connectivity index (χ2n) is 6.42. The van der Waals surface area contributed by atoms with Crippen molar-refractivity contribution in [3.8, 4) is 22.4 Å². The van der Waals surface area contributed by atoms with Crippen molar-refractivity contribution in [1.82, 2.24) is 9.78 Å². The van der Waals surface area contributed by atoms with Crippen LogP contribution >= 0.6 is 0 Å². The third-order valence-electron chi connectivity index (χ3n) is 4.19. The van der Waals surface area contributed by atoms with E-state index < -0.39 is 45.6 Å². The first kappa shape index (κ1) is 21.5. The van der Waals surface area contributed by atoms with E-state index in [4.69, 9.17) is 5.11 Å². The van der Waals surface area contributed by atoms with Crippen LogP contribution in [-0.2, 0) is 27.4 Å². The number of hydrogen-bond donors (Lipinski definition) is 1. The quantitative estimate of drug-likeness (QED) is 0.606. The largest absolute Gasteiger partial charge is 0.480 e. The van der Waals surface area contributed by atoms with Crippen LogP contribution in [0, 0.1) is 5.82 Å². The average Bonchev–Trinajstić information content (AvgIpc) is 3.00. The van der Waals surface area contributed by atoms with E-state index in [0.717, 1.165) is 30.5 Å². The first-order valence-corrected chi connectivity index (χ1v) is 10.2. The Labute approximate surface area is 168 Å². The van der Waals surface area contributed by atoms with E-state index in [0.29, 0.717) is 4.68 Å². The van der Waals surface area contributed by atoms with Crippen molar-refractivity contribution in [2.75, 3.05) is 6.26 Å². The standard InChI is InChI=1S/C19H14F4N2O4S/c1-30(28,29)14-8-4-12(5-9-14)17-16(11-2-6-13(20)7-3-11)18(19(21,22)23)25(24-17)10-15(26)27/h2-9H,10H2,1H3,(H,26,27). The van der Waals surface area contributed by atoms with Gasteiger partial charge in [-0.2, -0.15) is 18.3 Å². The zero-order valence-corrected chi connectivity index (χ0v) is 16.1. The topological polar surface area (TPSA) is 89.3 Å². The number of alkyl halides is 3. The van der Waals surface area contributed by atoms with Crippen LogP contribution in [0.4, 0.5) is 17.6 Å². The molecule has 1 heterocycles. The normalized spacial score (nSPS) is 12.2. The van der Waals surface area contributed by atoms with Gasteiger partial charge in [-0.1, -0.05) is 24.3 Å². The van der Waals surface area contributed by atoms with Gasteiger partial charge in [0.25, 0.3) is 0 Å². The van der Waals surface area contributed by atoms with Crippen LogP contribution in [0.15, 0.2) is 53.4 Å². The number of rotatable bonds is 5. The Hall–Kier alpha value is -3.21. The van der Waals surface area contributed by atoms with Crippen LogP contribution in [-0.4, -0.2) is 35.5 Å². The molecule has 0 amide bonds. The summed E-state index contributed by atoms with van der Waals surface area (Å²) in [5.41, 5.74) is -1.84. The summed E-state index contributed by atoms with van der Waals surface area (Å²) >= 11 is 0. The van der Waals surface area contributed by atoms with Crippen LogP contribution < -0.4 is 0 Å². The second-order valence-corrected chi connectivity index (χ2v) is 8.44. The van der Waals surface area contributed by atoms with Crippen LogP contribution in [0.5, 0.6) is 0 Å². The van der Waals surface area contributed by atoms with Gasteiger partial charge in [0.05, 0.1) is 4.90 Å². The van der Waals surface area contributed by atoms with Gasteiger partial charge in [0, 0.05) is 17.4 Å². The number of carboxylic acid groups (broad SMARTS) is 1. The molecule has 0 saturated heterocycles. The van der Waals surface area contributed by atoms with Crippen LogP contribution in [0.25, 0.3) is 22.4 Å². The van der Waals surface area contributed by atoms with Crippen LogP contribution in [0.1, 0.15) is 5.69 Å². The van der Waals surface area contributed by atoms with Crippen molar-refractivity contribution in [3.63, 3.8) is 0 Å². The van der Waals surface area contributed by atoms with Gasteiger partial charge in [0.15, 0.2) is 15.5 Å². The molecule has 0 spiro atoms. The van der Waals surface area contributed by atoms with Crippen molar-refractivity contribution in [1.29, 1.82) is 0 Å². The number of nitrogens with zero attached hydrogens (tertiary/aromatic N) is 2. The number of aliphatic carboxylic acids is 1. The molecule has 3 rings (SSSR count). The Morgan fingerprint density at radius 2 is 1.57 bits per heavy atom. The molecule has 0 bridgehead atoms. The predicted molar refractivity (Wildman–Crippen MR) is 98.8 cm³/mol. The van der Waals surface area contributed by atoms with Crippen LogP contribution in [0.2, 0.25) is 0 Å². The van der Waals surface area contributed by atoms with Gasteiger partial charge in [-0.25, -0.2) is 17.5 Å². The fourth-order valence-corrected chi connectivity index (χ4v) is 3.58. The Balaban J connectivity index is 2.32. The van der Waals surface area contributed by atoms with Gasteiger partial charge in [-0.15, -0.1) is 0 Å². The molecule has 3 aromatic rings. The third kappa shape index (κ3) is 4.35. The number of halogens is 4. The minimum atomic E-state index is -4.96. The summed E-state index contributed by atoms with van der Waals surface area (Å²) in [4.78, 5) is 11.1. The van der Waals surface area contributed by atoms with E-state index in [9.17, 15) is 30.8 Å². The number of sulfone groups is 1. The Bertz CT molecular complexity index is 1200. The SMILES string of the molecule is CS(=O)(=O)c1ccc(-c2nn(CC(=O)O)c(C(F)(F)F)c2-c2ccc(F)cc2)cc1. The molecule has 30 heavy (non-hydrogen) atoms. The summed E-state index contributed by atoms with van der Waals surface area (Å²) in [5, 5.41) is 12.9. The summed E-state index contributed by atoms with van der Waals surface area (Å²) in [6, 6.07) is 9.17. The molecule has 0 saturated carbocycles. The van der Waals surface area contributed by atoms with Gasteiger partial charge in [-0.3, -0.25) is 4.79 Å². The molecule has 0 aliphatic rings.